The summed E-state index contributed by atoms with van der Waals surface area (Å²) in [6.45, 7) is 20.6. The zero-order valence-corrected chi connectivity index (χ0v) is 78.5. The largest absolute Gasteiger partial charge is 0.514 e. The number of hydrogen-bond donors (Lipinski definition) is 3. The molecule has 2 spiro atoms. The molecule has 0 aromatic heterocycles. The summed E-state index contributed by atoms with van der Waals surface area (Å²) in [5.41, 5.74) is 7.83. The summed E-state index contributed by atoms with van der Waals surface area (Å²) in [5, 5.41) is 39.5. The Labute approximate surface area is 784 Å². The van der Waals surface area contributed by atoms with Gasteiger partial charge < -0.3 is 80.9 Å². The number of nitrogens with zero attached hydrogens (tertiary/aromatic N) is 6. The Balaban J connectivity index is 0.000000201. The van der Waals surface area contributed by atoms with Crippen LogP contribution in [-0.2, 0) is 79.7 Å². The molecule has 133 heavy (non-hydrogen) atoms. The highest BCUT2D eigenvalue weighted by Gasteiger charge is 2.65. The lowest BCUT2D eigenvalue weighted by atomic mass is 9.71. The lowest BCUT2D eigenvalue weighted by Gasteiger charge is -2.62. The molecule has 3 N–H and O–H groups in total. The molecule has 6 aromatic rings. The highest BCUT2D eigenvalue weighted by Crippen LogP contribution is 2.68. The van der Waals surface area contributed by atoms with E-state index in [1.807, 2.05) is 69.5 Å². The van der Waals surface area contributed by atoms with Gasteiger partial charge in [-0.25, -0.2) is 14.4 Å². The summed E-state index contributed by atoms with van der Waals surface area (Å²) in [5.74, 6) is 2.01. The number of carbonyl (C=O) groups is 7. The summed E-state index contributed by atoms with van der Waals surface area (Å²) in [7, 11) is 10.1. The molecule has 14 atom stereocenters. The minimum Gasteiger partial charge on any atom is -0.504 e. The maximum absolute atomic E-state index is 15.3. The topological polar surface area (TPSA) is 372 Å². The quantitative estimate of drug-likeness (QED) is 0.0330. The number of aromatic hydroxyl groups is 1. The Bertz CT molecular complexity index is 5770. The van der Waals surface area contributed by atoms with Crippen LogP contribution in [0.5, 0.6) is 80.5 Å². The molecule has 6 aromatic carbocycles. The van der Waals surface area contributed by atoms with E-state index in [0.717, 1.165) is 44.5 Å². The van der Waals surface area contributed by atoms with E-state index in [9.17, 15) is 44.4 Å². The van der Waals surface area contributed by atoms with E-state index in [1.165, 1.54) is 37.7 Å². The van der Waals surface area contributed by atoms with E-state index in [-0.39, 0.29) is 120 Å². The SMILES string of the molecule is C.C.CCCC(=O)Oc1c(C)c2c(c3c1[C@H]1SC[C@]4(NCCc5cc(O)c(OC)cc54)C(=O)OC[C@@H]3N3C1[C@H]1c4c(cc(C)c(OC)c4OC(=O)CCC)C[C@@H]([C@@H]3C#N)N1C)OCO2.CCCC(=O)Oc1c(C)c2c(c3c1[C@H]1SC[C@]4(NCCc5cc(OC(=O)OC(C)(C)C)c(OC)cc54)C(=O)OC[C@@H]3N3C1[C@H]1c4c(cc(C)c(OC)c4OC(=O)CCC)C[C@@H]([C@@H]3C#N)N1C)OCO2. The van der Waals surface area contributed by atoms with Crippen LogP contribution < -0.4 is 72.2 Å². The smallest absolute Gasteiger partial charge is 0.504 e. The molecule has 14 aliphatic rings. The molecule has 4 saturated heterocycles. The third-order valence-electron chi connectivity index (χ3n) is 27.6. The molecule has 0 amide bonds. The molecular formula is C99H120N8O24S2. The van der Waals surface area contributed by atoms with Crippen molar-refractivity contribution in [2.24, 2.45) is 0 Å². The molecule has 0 radical (unpaired) electrons. The van der Waals surface area contributed by atoms with E-state index in [1.54, 1.807) is 59.3 Å². The number of hydrogen-bond acceptors (Lipinski definition) is 34. The average molecular weight is 1870 g/mol. The van der Waals surface area contributed by atoms with Gasteiger partial charge in [0, 0.05) is 119 Å². The van der Waals surface area contributed by atoms with Crippen LogP contribution in [0, 0.1) is 50.4 Å². The van der Waals surface area contributed by atoms with Crippen molar-refractivity contribution in [1.82, 2.24) is 30.2 Å². The van der Waals surface area contributed by atoms with Crippen molar-refractivity contribution in [3.05, 3.63) is 125 Å². The molecule has 8 bridgehead atoms. The molecule has 14 aliphatic heterocycles. The van der Waals surface area contributed by atoms with Crippen molar-refractivity contribution >= 4 is 65.5 Å². The van der Waals surface area contributed by atoms with Crippen molar-refractivity contribution in [3.63, 3.8) is 0 Å². The first kappa shape index (κ1) is 96.6. The fourth-order valence-corrected chi connectivity index (χ4v) is 25.5. The number of likely N-dealkylation sites (N-methyl/N-ethyl adjacent to an activating group) is 2. The molecule has 2 unspecified atom stereocenters. The number of phenolic OH excluding ortho intramolecular Hbond substituents is 1. The van der Waals surface area contributed by atoms with Gasteiger partial charge in [-0.2, -0.15) is 10.5 Å². The predicted octanol–water partition coefficient (Wildman–Crippen LogP) is 14.4. The lowest BCUT2D eigenvalue weighted by molar-refractivity contribution is -0.158. The number of rotatable bonds is 17. The fourth-order valence-electron chi connectivity index (χ4n) is 22.1. The lowest BCUT2D eigenvalue weighted by Crippen LogP contribution is -2.69. The van der Waals surface area contributed by atoms with Crippen LogP contribution in [0.3, 0.4) is 0 Å². The van der Waals surface area contributed by atoms with Gasteiger partial charge in [0.05, 0.1) is 75.2 Å². The number of thioether (sulfide) groups is 2. The van der Waals surface area contributed by atoms with Crippen molar-refractivity contribution < 1.29 is 114 Å². The molecule has 34 heteroatoms. The Morgan fingerprint density at radius 1 is 0.496 bits per heavy atom. The van der Waals surface area contributed by atoms with Gasteiger partial charge in [0.15, 0.2) is 80.1 Å². The van der Waals surface area contributed by atoms with Crippen molar-refractivity contribution in [3.8, 4) is 92.6 Å². The number of nitriles is 2. The standard InChI is InChI=1S/C51H60N4O13S.C46H52N4O11S.2CH4/c1-11-13-35(56)66-43-26(4)44-45(64-24-63-44)38-32-22-62-48(58)51(29-20-33(60-9)34(19-27(29)15-16-53-51)65-49(59)68-50(5,6)7)23-69-47(39(38)43)41-40-37-28(18-30(54(40)8)31(21-52)55(32)41)17-25(3)42(61-10)46(37)67-36(57)14-12-2;1-8-10-32(52)60-40-23(4)41-42(59-21-58-41)35-29-19-57-45(54)46(26-17-31(55-6)30(51)16-24(26)12-13-48-46)20-62-44(36(35)40)38-37-34-25(15-27(49(37)5)28(18-47)50(29)38)14-22(3)39(56-7)43(34)61-33(53)11-9-2;;/h17,19-20,30-32,40-41,47,53H,11-16,18,22-24H2,1-10H3;14,16-17,27-29,37-38,44,48,51H,8-13,15,19-21H2,1-7H3;2*1H4/t30-,31-,32-,40+,41?,47+,51+;27-,28-,29-,37+,38?,44+,46+;;/m00../s1. The first-order valence-corrected chi connectivity index (χ1v) is 47.1. The third kappa shape index (κ3) is 16.1. The van der Waals surface area contributed by atoms with Crippen LogP contribution in [0.4, 0.5) is 4.79 Å². The van der Waals surface area contributed by atoms with Gasteiger partial charge in [-0.1, -0.05) is 54.7 Å². The van der Waals surface area contributed by atoms with Crippen LogP contribution >= 0.6 is 23.5 Å². The molecular weight excluding hydrogens is 1750 g/mol. The van der Waals surface area contributed by atoms with E-state index < -0.39 is 112 Å². The molecule has 0 aliphatic carbocycles. The van der Waals surface area contributed by atoms with Crippen LogP contribution in [0.1, 0.15) is 238 Å². The Hall–Kier alpha value is -10.9. The van der Waals surface area contributed by atoms with Gasteiger partial charge in [-0.15, -0.1) is 23.5 Å². The van der Waals surface area contributed by atoms with Gasteiger partial charge in [-0.3, -0.25) is 49.4 Å². The molecule has 712 valence electrons. The number of ether oxygens (including phenoxy) is 16. The monoisotopic (exact) mass is 1870 g/mol. The number of benzene rings is 6. The first-order chi connectivity index (χ1) is 62.9. The minimum absolute atomic E-state index is 0. The molecule has 0 saturated carbocycles. The summed E-state index contributed by atoms with van der Waals surface area (Å²) < 4.78 is 98.3. The van der Waals surface area contributed by atoms with E-state index in [2.05, 4.69) is 54.5 Å². The second-order valence-electron chi connectivity index (χ2n) is 36.4. The second-order valence-corrected chi connectivity index (χ2v) is 38.7. The highest BCUT2D eigenvalue weighted by atomic mass is 32.2. The van der Waals surface area contributed by atoms with Gasteiger partial charge in [-0.05, 0) is 183 Å². The van der Waals surface area contributed by atoms with Crippen molar-refractivity contribution in [1.29, 1.82) is 10.5 Å². The number of nitrogens with one attached hydrogen (secondary N) is 2. The van der Waals surface area contributed by atoms with Gasteiger partial charge >= 0.3 is 42.0 Å². The van der Waals surface area contributed by atoms with Crippen molar-refractivity contribution in [2.45, 2.75) is 256 Å². The Morgan fingerprint density at radius 2 is 0.887 bits per heavy atom. The summed E-state index contributed by atoms with van der Waals surface area (Å²) in [6.07, 6.45) is 4.06. The number of esters is 6. The van der Waals surface area contributed by atoms with E-state index in [0.29, 0.717) is 166 Å². The second kappa shape index (κ2) is 38.1. The number of carbonyl (C=O) groups excluding carboxylic acids is 7. The zero-order valence-electron chi connectivity index (χ0n) is 76.9. The van der Waals surface area contributed by atoms with Gasteiger partial charge in [0.1, 0.15) is 42.4 Å². The average Bonchev–Trinajstić information content (AvgIpc) is 1.54. The highest BCUT2D eigenvalue weighted by molar-refractivity contribution is 7.99. The number of methoxy groups -OCH3 is 4. The van der Waals surface area contributed by atoms with E-state index >= 15 is 4.79 Å². The maximum atomic E-state index is 15.3. The van der Waals surface area contributed by atoms with Crippen LogP contribution in [0.2, 0.25) is 0 Å². The van der Waals surface area contributed by atoms with Gasteiger partial charge in [0.2, 0.25) is 13.6 Å². The van der Waals surface area contributed by atoms with E-state index in [4.69, 9.17) is 75.8 Å². The molecule has 32 nitrogen and oxygen atoms in total. The van der Waals surface area contributed by atoms with Crippen molar-refractivity contribution in [2.75, 3.05) is 93.9 Å². The predicted molar refractivity (Wildman–Crippen MR) is 491 cm³/mol. The third-order valence-corrected chi connectivity index (χ3v) is 30.5. The Morgan fingerprint density at radius 3 is 1.27 bits per heavy atom. The number of aryl methyl sites for hydroxylation is 2. The maximum Gasteiger partial charge on any atom is 0.514 e. The minimum atomic E-state index is -1.48. The fraction of sp³-hybridized carbons (Fsp3) is 0.545. The van der Waals surface area contributed by atoms with Crippen LogP contribution in [-0.4, -0.2) is 202 Å². The number of piperazine rings is 2. The summed E-state index contributed by atoms with van der Waals surface area (Å²) in [6, 6.07) is 10.2. The normalized spacial score (nSPS) is 25.8. The molecule has 14 heterocycles. The van der Waals surface area contributed by atoms with Crippen LogP contribution in [0.15, 0.2) is 36.4 Å². The Kier molecular flexibility index (Phi) is 27.7. The molecule has 20 rings (SSSR count). The number of phenols is 1. The summed E-state index contributed by atoms with van der Waals surface area (Å²) in [4.78, 5) is 107. The number of fused-ring (bicyclic) bond motifs is 18. The molecule has 4 fully saturated rings. The summed E-state index contributed by atoms with van der Waals surface area (Å²) >= 11 is 2.95. The van der Waals surface area contributed by atoms with Crippen LogP contribution in [0.25, 0.3) is 0 Å². The first-order valence-electron chi connectivity index (χ1n) is 45.0. The zero-order chi connectivity index (χ0) is 93.0. The van der Waals surface area contributed by atoms with Gasteiger partial charge in [0.25, 0.3) is 0 Å².